The molecule has 4 aromatic rings. The normalized spacial score (nSPS) is 19.7. The van der Waals surface area contributed by atoms with Crippen LogP contribution < -0.4 is 9.64 Å². The number of anilines is 1. The number of H-pyrrole nitrogens is 1. The highest BCUT2D eigenvalue weighted by molar-refractivity contribution is 6.30. The first-order chi connectivity index (χ1) is 20.7. The minimum absolute atomic E-state index is 0.0702. The minimum atomic E-state index is -1.01. The van der Waals surface area contributed by atoms with E-state index in [0.717, 1.165) is 73.6 Å². The van der Waals surface area contributed by atoms with Gasteiger partial charge in [-0.1, -0.05) is 43.2 Å². The average molecular weight is 597 g/mol. The van der Waals surface area contributed by atoms with E-state index in [1.165, 1.54) is 17.6 Å². The van der Waals surface area contributed by atoms with Gasteiger partial charge in [0, 0.05) is 54.5 Å². The number of hydrogen-bond acceptors (Lipinski definition) is 5. The van der Waals surface area contributed by atoms with E-state index in [4.69, 9.17) is 16.3 Å². The number of nitrogens with zero attached hydrogens (tertiary/aromatic N) is 3. The zero-order valence-corrected chi connectivity index (χ0v) is 25.5. The molecule has 0 atom stereocenters. The molecular weight excluding hydrogens is 560 g/mol. The molecule has 2 aromatic heterocycles. The first kappa shape index (κ1) is 28.0. The van der Waals surface area contributed by atoms with Crippen LogP contribution in [0.1, 0.15) is 61.9 Å². The van der Waals surface area contributed by atoms with Gasteiger partial charge in [0.2, 0.25) is 0 Å². The number of rotatable bonds is 7. The number of nitrogens with one attached hydrogen (secondary N) is 1. The summed E-state index contributed by atoms with van der Waals surface area (Å²) in [5.41, 5.74) is 6.61. The van der Waals surface area contributed by atoms with E-state index in [0.29, 0.717) is 16.9 Å². The fourth-order valence-electron chi connectivity index (χ4n) is 6.95. The van der Waals surface area contributed by atoms with Gasteiger partial charge in [0.05, 0.1) is 11.7 Å². The van der Waals surface area contributed by atoms with Gasteiger partial charge in [0.1, 0.15) is 22.7 Å². The average Bonchev–Trinajstić information content (AvgIpc) is 3.57. The quantitative estimate of drug-likeness (QED) is 0.225. The molecule has 2 fully saturated rings. The van der Waals surface area contributed by atoms with Crippen LogP contribution in [0.2, 0.25) is 5.02 Å². The third-order valence-corrected chi connectivity index (χ3v) is 9.71. The summed E-state index contributed by atoms with van der Waals surface area (Å²) < 4.78 is 6.16. The molecule has 7 nitrogen and oxygen atoms in total. The summed E-state index contributed by atoms with van der Waals surface area (Å²) in [5, 5.41) is 11.6. The molecule has 1 spiro atoms. The van der Waals surface area contributed by atoms with Crippen LogP contribution in [-0.2, 0) is 0 Å². The van der Waals surface area contributed by atoms with Crippen molar-refractivity contribution in [2.75, 3.05) is 31.1 Å². The monoisotopic (exact) mass is 596 g/mol. The summed E-state index contributed by atoms with van der Waals surface area (Å²) in [6.45, 7) is 8.58. The molecule has 1 saturated heterocycles. The van der Waals surface area contributed by atoms with Crippen LogP contribution in [0.25, 0.3) is 16.6 Å². The molecule has 1 aliphatic heterocycles. The molecule has 0 radical (unpaired) electrons. The maximum Gasteiger partial charge on any atom is 0.339 e. The highest BCUT2D eigenvalue weighted by Gasteiger charge is 2.51. The molecule has 222 valence electrons. The van der Waals surface area contributed by atoms with Gasteiger partial charge in [-0.3, -0.25) is 4.90 Å². The Bertz CT molecular complexity index is 1720. The van der Waals surface area contributed by atoms with Crippen molar-refractivity contribution in [3.05, 3.63) is 88.7 Å². The number of halogens is 1. The van der Waals surface area contributed by atoms with Crippen molar-refractivity contribution in [3.63, 3.8) is 0 Å². The first-order valence-corrected chi connectivity index (χ1v) is 15.5. The second kappa shape index (κ2) is 10.7. The topological polar surface area (TPSA) is 81.7 Å². The highest BCUT2D eigenvalue weighted by atomic mass is 35.5. The van der Waals surface area contributed by atoms with Crippen molar-refractivity contribution in [2.45, 2.75) is 51.5 Å². The predicted octanol–water partition coefficient (Wildman–Crippen LogP) is 8.03. The van der Waals surface area contributed by atoms with Crippen LogP contribution in [0.5, 0.6) is 11.5 Å². The van der Waals surface area contributed by atoms with Crippen LogP contribution in [0.15, 0.2) is 72.6 Å². The number of aromatic carboxylic acids is 1. The highest BCUT2D eigenvalue weighted by Crippen LogP contribution is 2.49. The molecular formula is C35H37ClN4O3. The number of aromatic amines is 1. The van der Waals surface area contributed by atoms with Crippen molar-refractivity contribution in [3.8, 4) is 11.5 Å². The summed E-state index contributed by atoms with van der Waals surface area (Å²) in [6.07, 6.45) is 9.12. The van der Waals surface area contributed by atoms with Crippen molar-refractivity contribution >= 4 is 39.9 Å². The molecule has 2 aromatic carbocycles. The Morgan fingerprint density at radius 2 is 1.88 bits per heavy atom. The number of carboxylic acids is 1. The van der Waals surface area contributed by atoms with Gasteiger partial charge >= 0.3 is 5.97 Å². The Labute approximate surface area is 257 Å². The summed E-state index contributed by atoms with van der Waals surface area (Å²) in [4.78, 5) is 24.7. The van der Waals surface area contributed by atoms with Crippen LogP contribution >= 0.6 is 11.6 Å². The van der Waals surface area contributed by atoms with Gasteiger partial charge in [-0.2, -0.15) is 0 Å². The predicted molar refractivity (Wildman–Crippen MR) is 171 cm³/mol. The minimum Gasteiger partial charge on any atom is -0.478 e. The number of hydrogen-bond donors (Lipinski definition) is 2. The number of ether oxygens (including phenoxy) is 1. The lowest BCUT2D eigenvalue weighted by atomic mass is 9.72. The third-order valence-electron chi connectivity index (χ3n) is 9.46. The smallest absolute Gasteiger partial charge is 0.339 e. The molecule has 3 aliphatic rings. The molecule has 8 heteroatoms. The van der Waals surface area contributed by atoms with E-state index in [9.17, 15) is 9.90 Å². The van der Waals surface area contributed by atoms with Crippen molar-refractivity contribution in [1.29, 1.82) is 0 Å². The first-order valence-electron chi connectivity index (χ1n) is 15.1. The molecule has 0 amide bonds. The standard InChI is InChI=1S/C35H37ClN4O3/c1-34(2)11-9-25(30(19-34)23-3-5-26(36)6-4-23)21-39-15-16-40(35(22-39)12-13-35)27-7-8-29(33(41)42)31(18-27)43-28-17-24-10-14-37-32(24)38-20-28/h3-8,10,14,17-18,20H,9,11-13,15-16,19,21-22H2,1-2H3,(H,37,38)(H,41,42). The third kappa shape index (κ3) is 5.64. The number of piperazine rings is 1. The van der Waals surface area contributed by atoms with Crippen molar-refractivity contribution in [1.82, 2.24) is 14.9 Å². The molecule has 0 unspecified atom stereocenters. The van der Waals surface area contributed by atoms with E-state index < -0.39 is 5.97 Å². The number of aromatic nitrogens is 2. The number of pyridine rings is 1. The molecule has 1 saturated carbocycles. The zero-order valence-electron chi connectivity index (χ0n) is 24.7. The largest absolute Gasteiger partial charge is 0.478 e. The number of allylic oxidation sites excluding steroid dienone is 1. The maximum atomic E-state index is 12.1. The van der Waals surface area contributed by atoms with Gasteiger partial charge in [0.15, 0.2) is 0 Å². The van der Waals surface area contributed by atoms with E-state index in [2.05, 4.69) is 45.7 Å². The summed E-state index contributed by atoms with van der Waals surface area (Å²) >= 11 is 6.22. The SMILES string of the molecule is CC1(C)CCC(CN2CCN(c3ccc(C(=O)O)c(Oc4cnc5[nH]ccc5c4)c3)C3(CC3)C2)=C(c2ccc(Cl)cc2)C1. The Hall–Kier alpha value is -3.81. The van der Waals surface area contributed by atoms with Gasteiger partial charge in [-0.15, -0.1) is 0 Å². The van der Waals surface area contributed by atoms with Crippen LogP contribution in [-0.4, -0.2) is 57.7 Å². The van der Waals surface area contributed by atoms with Crippen LogP contribution in [0, 0.1) is 5.41 Å². The molecule has 2 N–H and O–H groups in total. The second-order valence-electron chi connectivity index (χ2n) is 13.2. The van der Waals surface area contributed by atoms with E-state index >= 15 is 0 Å². The molecule has 3 heterocycles. The van der Waals surface area contributed by atoms with Crippen molar-refractivity contribution in [2.24, 2.45) is 5.41 Å². The number of carbonyl (C=O) groups is 1. The van der Waals surface area contributed by atoms with Gasteiger partial charge in [-0.05, 0) is 85.1 Å². The van der Waals surface area contributed by atoms with Crippen molar-refractivity contribution < 1.29 is 14.6 Å². The Morgan fingerprint density at radius 1 is 1.07 bits per heavy atom. The van der Waals surface area contributed by atoms with Crippen LogP contribution in [0.3, 0.4) is 0 Å². The van der Waals surface area contributed by atoms with Crippen LogP contribution in [0.4, 0.5) is 5.69 Å². The van der Waals surface area contributed by atoms with Gasteiger partial charge < -0.3 is 19.7 Å². The Balaban J connectivity index is 1.12. The van der Waals surface area contributed by atoms with E-state index in [1.807, 2.05) is 42.6 Å². The maximum absolute atomic E-state index is 12.1. The molecule has 7 rings (SSSR count). The lowest BCUT2D eigenvalue weighted by Crippen LogP contribution is -2.55. The van der Waals surface area contributed by atoms with E-state index in [-0.39, 0.29) is 11.1 Å². The summed E-state index contributed by atoms with van der Waals surface area (Å²) in [6, 6.07) is 17.6. The number of benzene rings is 2. The summed E-state index contributed by atoms with van der Waals surface area (Å²) in [7, 11) is 0. The fraction of sp³-hybridized carbons (Fsp3) is 0.371. The molecule has 0 bridgehead atoms. The molecule has 43 heavy (non-hydrogen) atoms. The lowest BCUT2D eigenvalue weighted by Gasteiger charge is -2.45. The summed E-state index contributed by atoms with van der Waals surface area (Å²) in [5.74, 6) is -0.163. The molecule has 2 aliphatic carbocycles. The zero-order chi connectivity index (χ0) is 29.8. The number of fused-ring (bicyclic) bond motifs is 1. The number of carboxylic acid groups (broad SMARTS) is 1. The second-order valence-corrected chi connectivity index (χ2v) is 13.6. The lowest BCUT2D eigenvalue weighted by molar-refractivity contribution is 0.0694. The fourth-order valence-corrected chi connectivity index (χ4v) is 7.07. The van der Waals surface area contributed by atoms with Gasteiger partial charge in [0.25, 0.3) is 0 Å². The Kier molecular flexibility index (Phi) is 6.98. The van der Waals surface area contributed by atoms with E-state index in [1.54, 1.807) is 17.8 Å². The van der Waals surface area contributed by atoms with Gasteiger partial charge in [-0.25, -0.2) is 9.78 Å². The Morgan fingerprint density at radius 3 is 2.65 bits per heavy atom.